The number of benzene rings is 1. The van der Waals surface area contributed by atoms with Gasteiger partial charge in [-0.15, -0.1) is 11.3 Å². The average Bonchev–Trinajstić information content (AvgIpc) is 2.90. The molecular weight excluding hydrogens is 310 g/mol. The molecule has 2 rings (SSSR count). The van der Waals surface area contributed by atoms with Gasteiger partial charge in [-0.1, -0.05) is 12.1 Å². The van der Waals surface area contributed by atoms with Crippen molar-refractivity contribution in [3.63, 3.8) is 0 Å². The molecule has 2 nitrogen and oxygen atoms in total. The first kappa shape index (κ1) is 13.6. The van der Waals surface area contributed by atoms with E-state index in [0.717, 1.165) is 15.7 Å². The summed E-state index contributed by atoms with van der Waals surface area (Å²) in [5.74, 6) is 0. The largest absolute Gasteiger partial charge is 0.392 e. The van der Waals surface area contributed by atoms with Crippen molar-refractivity contribution >= 4 is 33.0 Å². The number of aliphatic hydroxyl groups is 1. The van der Waals surface area contributed by atoms with Crippen LogP contribution in [-0.4, -0.2) is 12.2 Å². The molecule has 0 radical (unpaired) electrons. The lowest BCUT2D eigenvalue weighted by atomic mass is 10.1. The summed E-state index contributed by atoms with van der Waals surface area (Å²) in [7, 11) is 2.09. The van der Waals surface area contributed by atoms with Gasteiger partial charge < -0.3 is 10.0 Å². The minimum atomic E-state index is 0.0725. The number of aliphatic hydroxyl groups excluding tert-OH is 1. The molecule has 0 saturated carbocycles. The van der Waals surface area contributed by atoms with Gasteiger partial charge in [-0.05, 0) is 52.0 Å². The number of hydrogen-bond acceptors (Lipinski definition) is 3. The van der Waals surface area contributed by atoms with Crippen LogP contribution in [0.25, 0.3) is 0 Å². The molecule has 0 amide bonds. The van der Waals surface area contributed by atoms with E-state index in [1.807, 2.05) is 18.2 Å². The van der Waals surface area contributed by atoms with E-state index in [-0.39, 0.29) is 6.61 Å². The third-order valence-corrected chi connectivity index (χ3v) is 4.79. The molecule has 0 bridgehead atoms. The molecule has 1 atom stereocenters. The van der Waals surface area contributed by atoms with Crippen molar-refractivity contribution in [3.8, 4) is 0 Å². The number of hydrogen-bond donors (Lipinski definition) is 1. The summed E-state index contributed by atoms with van der Waals surface area (Å²) in [6.07, 6.45) is 0. The minimum Gasteiger partial charge on any atom is -0.392 e. The first-order chi connectivity index (χ1) is 8.63. The summed E-state index contributed by atoms with van der Waals surface area (Å²) in [5.41, 5.74) is 2.05. The maximum Gasteiger partial charge on any atom is 0.0682 e. The van der Waals surface area contributed by atoms with Crippen molar-refractivity contribution in [1.82, 2.24) is 0 Å². The zero-order chi connectivity index (χ0) is 13.1. The fourth-order valence-electron chi connectivity index (χ4n) is 1.86. The maximum absolute atomic E-state index is 9.12. The number of anilines is 1. The van der Waals surface area contributed by atoms with Gasteiger partial charge in [0, 0.05) is 16.4 Å². The van der Waals surface area contributed by atoms with Gasteiger partial charge in [0.05, 0.1) is 18.3 Å². The predicted octanol–water partition coefficient (Wildman–Crippen LogP) is 4.20. The van der Waals surface area contributed by atoms with Crippen molar-refractivity contribution in [1.29, 1.82) is 0 Å². The Bertz CT molecular complexity index is 513. The van der Waals surface area contributed by atoms with Crippen molar-refractivity contribution in [2.24, 2.45) is 0 Å². The van der Waals surface area contributed by atoms with Gasteiger partial charge >= 0.3 is 0 Å². The lowest BCUT2D eigenvalue weighted by Gasteiger charge is -2.27. The Morgan fingerprint density at radius 1 is 1.39 bits per heavy atom. The van der Waals surface area contributed by atoms with E-state index in [2.05, 4.69) is 52.3 Å². The standard InChI is InChI=1S/C14H16BrNOS/c1-10(14-4-3-7-18-14)16(2)13-6-5-11(9-17)8-12(13)15/h3-8,10,17H,9H2,1-2H3. The lowest BCUT2D eigenvalue weighted by molar-refractivity contribution is 0.282. The molecule has 1 N–H and O–H groups in total. The summed E-state index contributed by atoms with van der Waals surface area (Å²) in [4.78, 5) is 3.58. The van der Waals surface area contributed by atoms with E-state index in [1.165, 1.54) is 4.88 Å². The SMILES string of the molecule is CC(c1cccs1)N(C)c1ccc(CO)cc1Br. The third kappa shape index (κ3) is 2.76. The molecule has 0 aliphatic carbocycles. The quantitative estimate of drug-likeness (QED) is 0.910. The van der Waals surface area contributed by atoms with Crippen LogP contribution in [0.5, 0.6) is 0 Å². The molecule has 0 saturated heterocycles. The van der Waals surface area contributed by atoms with Crippen LogP contribution < -0.4 is 4.90 Å². The molecule has 4 heteroatoms. The first-order valence-electron chi connectivity index (χ1n) is 5.79. The number of thiophene rings is 1. The number of nitrogens with zero attached hydrogens (tertiary/aromatic N) is 1. The van der Waals surface area contributed by atoms with E-state index in [9.17, 15) is 0 Å². The molecule has 0 aliphatic rings. The van der Waals surface area contributed by atoms with Crippen molar-refractivity contribution < 1.29 is 5.11 Å². The molecule has 96 valence electrons. The molecule has 0 spiro atoms. The van der Waals surface area contributed by atoms with E-state index >= 15 is 0 Å². The highest BCUT2D eigenvalue weighted by Gasteiger charge is 2.15. The van der Waals surface area contributed by atoms with Crippen molar-refractivity contribution in [2.45, 2.75) is 19.6 Å². The zero-order valence-corrected chi connectivity index (χ0v) is 12.8. The van der Waals surface area contributed by atoms with Gasteiger partial charge in [0.15, 0.2) is 0 Å². The minimum absolute atomic E-state index is 0.0725. The normalized spacial score (nSPS) is 12.4. The highest BCUT2D eigenvalue weighted by atomic mass is 79.9. The Balaban J connectivity index is 2.26. The maximum atomic E-state index is 9.12. The summed E-state index contributed by atoms with van der Waals surface area (Å²) < 4.78 is 1.01. The van der Waals surface area contributed by atoms with Gasteiger partial charge in [0.1, 0.15) is 0 Å². The van der Waals surface area contributed by atoms with Crippen LogP contribution in [-0.2, 0) is 6.61 Å². The molecular formula is C14H16BrNOS. The molecule has 18 heavy (non-hydrogen) atoms. The summed E-state index contributed by atoms with van der Waals surface area (Å²) in [6.45, 7) is 2.27. The molecule has 1 unspecified atom stereocenters. The Kier molecular flexibility index (Phi) is 4.43. The number of halogens is 1. The summed E-state index contributed by atoms with van der Waals surface area (Å²) in [5, 5.41) is 11.2. The second kappa shape index (κ2) is 5.87. The smallest absolute Gasteiger partial charge is 0.0682 e. The molecule has 0 aliphatic heterocycles. The molecule has 0 fully saturated rings. The molecule has 1 heterocycles. The lowest BCUT2D eigenvalue weighted by Crippen LogP contribution is -2.21. The van der Waals surface area contributed by atoms with E-state index in [1.54, 1.807) is 11.3 Å². The second-order valence-electron chi connectivity index (χ2n) is 4.25. The fourth-order valence-corrected chi connectivity index (χ4v) is 3.40. The number of rotatable bonds is 4. The van der Waals surface area contributed by atoms with E-state index in [0.29, 0.717) is 6.04 Å². The predicted molar refractivity (Wildman–Crippen MR) is 81.2 cm³/mol. The van der Waals surface area contributed by atoms with Crippen LogP contribution in [0.1, 0.15) is 23.4 Å². The zero-order valence-electron chi connectivity index (χ0n) is 10.4. The monoisotopic (exact) mass is 325 g/mol. The van der Waals surface area contributed by atoms with Crippen LogP contribution in [0, 0.1) is 0 Å². The van der Waals surface area contributed by atoms with Gasteiger partial charge in [0.25, 0.3) is 0 Å². The van der Waals surface area contributed by atoms with Gasteiger partial charge in [-0.3, -0.25) is 0 Å². The molecule has 1 aromatic heterocycles. The average molecular weight is 326 g/mol. The van der Waals surface area contributed by atoms with Gasteiger partial charge in [0.2, 0.25) is 0 Å². The topological polar surface area (TPSA) is 23.5 Å². The second-order valence-corrected chi connectivity index (χ2v) is 6.08. The van der Waals surface area contributed by atoms with Crippen molar-refractivity contribution in [2.75, 3.05) is 11.9 Å². The highest BCUT2D eigenvalue weighted by Crippen LogP contribution is 2.33. The Labute approximate surface area is 120 Å². The summed E-state index contributed by atoms with van der Waals surface area (Å²) >= 11 is 5.34. The fraction of sp³-hybridized carbons (Fsp3) is 0.286. The molecule has 1 aromatic carbocycles. The highest BCUT2D eigenvalue weighted by molar-refractivity contribution is 9.10. The van der Waals surface area contributed by atoms with Gasteiger partial charge in [-0.25, -0.2) is 0 Å². The Hall–Kier alpha value is -0.840. The van der Waals surface area contributed by atoms with Crippen LogP contribution in [0.15, 0.2) is 40.2 Å². The van der Waals surface area contributed by atoms with Crippen LogP contribution in [0.4, 0.5) is 5.69 Å². The molecule has 2 aromatic rings. The third-order valence-electron chi connectivity index (χ3n) is 3.11. The van der Waals surface area contributed by atoms with E-state index in [4.69, 9.17) is 5.11 Å². The van der Waals surface area contributed by atoms with Crippen LogP contribution in [0.3, 0.4) is 0 Å². The Morgan fingerprint density at radius 2 is 2.17 bits per heavy atom. The van der Waals surface area contributed by atoms with Crippen LogP contribution >= 0.6 is 27.3 Å². The van der Waals surface area contributed by atoms with Gasteiger partial charge in [-0.2, -0.15) is 0 Å². The van der Waals surface area contributed by atoms with Crippen molar-refractivity contribution in [3.05, 3.63) is 50.6 Å². The summed E-state index contributed by atoms with van der Waals surface area (Å²) in [6, 6.07) is 10.5. The Morgan fingerprint density at radius 3 is 2.72 bits per heavy atom. The first-order valence-corrected chi connectivity index (χ1v) is 7.46. The van der Waals surface area contributed by atoms with Crippen LogP contribution in [0.2, 0.25) is 0 Å². The van der Waals surface area contributed by atoms with E-state index < -0.39 is 0 Å².